The summed E-state index contributed by atoms with van der Waals surface area (Å²) in [6.45, 7) is 5.65. The molecule has 2 N–H and O–H groups in total. The van der Waals surface area contributed by atoms with Gasteiger partial charge in [-0.05, 0) is 37.1 Å². The molecule has 0 aliphatic carbocycles. The number of carbonyl (C=O) groups is 1. The second-order valence-electron chi connectivity index (χ2n) is 7.08. The summed E-state index contributed by atoms with van der Waals surface area (Å²) in [5.74, 6) is -0.844. The van der Waals surface area contributed by atoms with Gasteiger partial charge in [-0.1, -0.05) is 30.3 Å². The predicted molar refractivity (Wildman–Crippen MR) is 105 cm³/mol. The van der Waals surface area contributed by atoms with Gasteiger partial charge in [0.1, 0.15) is 10.7 Å². The molecule has 150 valence electrons. The number of aryl methyl sites for hydroxylation is 2. The molecule has 0 unspecified atom stereocenters. The third-order valence-corrected chi connectivity index (χ3v) is 6.97. The zero-order chi connectivity index (χ0) is 20.3. The molecule has 2 aromatic carbocycles. The van der Waals surface area contributed by atoms with Crippen molar-refractivity contribution in [3.05, 3.63) is 59.4 Å². The van der Waals surface area contributed by atoms with Gasteiger partial charge in [0.2, 0.25) is 10.0 Å². The summed E-state index contributed by atoms with van der Waals surface area (Å²) < 4.78 is 40.5. The van der Waals surface area contributed by atoms with Gasteiger partial charge in [-0.2, -0.15) is 4.31 Å². The summed E-state index contributed by atoms with van der Waals surface area (Å²) >= 11 is 0. The van der Waals surface area contributed by atoms with Crippen LogP contribution in [0.2, 0.25) is 0 Å². The number of anilines is 1. The van der Waals surface area contributed by atoms with Crippen molar-refractivity contribution >= 4 is 21.6 Å². The van der Waals surface area contributed by atoms with Crippen molar-refractivity contribution in [1.82, 2.24) is 4.31 Å². The molecular weight excluding hydrogens is 381 g/mol. The fourth-order valence-electron chi connectivity index (χ4n) is 3.43. The Kier molecular flexibility index (Phi) is 6.12. The number of quaternary nitrogens is 1. The Balaban J connectivity index is 1.58. The van der Waals surface area contributed by atoms with Gasteiger partial charge in [0.05, 0.1) is 26.2 Å². The maximum atomic E-state index is 13.9. The number of benzene rings is 2. The number of halogens is 1. The van der Waals surface area contributed by atoms with E-state index >= 15 is 0 Å². The van der Waals surface area contributed by atoms with Gasteiger partial charge in [0.15, 0.2) is 6.54 Å². The van der Waals surface area contributed by atoms with E-state index in [2.05, 4.69) is 5.32 Å². The summed E-state index contributed by atoms with van der Waals surface area (Å²) in [7, 11) is -3.86. The first-order chi connectivity index (χ1) is 13.3. The molecule has 28 heavy (non-hydrogen) atoms. The van der Waals surface area contributed by atoms with E-state index < -0.39 is 15.8 Å². The van der Waals surface area contributed by atoms with Crippen LogP contribution in [0.15, 0.2) is 47.4 Å². The highest BCUT2D eigenvalue weighted by Gasteiger charge is 2.32. The van der Waals surface area contributed by atoms with Gasteiger partial charge in [0, 0.05) is 5.69 Å². The van der Waals surface area contributed by atoms with E-state index in [0.29, 0.717) is 13.1 Å². The van der Waals surface area contributed by atoms with Crippen molar-refractivity contribution in [2.75, 3.05) is 38.0 Å². The van der Waals surface area contributed by atoms with Gasteiger partial charge in [-0.25, -0.2) is 12.8 Å². The van der Waals surface area contributed by atoms with Crippen molar-refractivity contribution in [1.29, 1.82) is 0 Å². The Labute approximate surface area is 165 Å². The predicted octanol–water partition coefficient (Wildman–Crippen LogP) is 0.970. The number of piperazine rings is 1. The minimum absolute atomic E-state index is 0.0992. The molecule has 6 nitrogen and oxygen atoms in total. The molecule has 0 aromatic heterocycles. The van der Waals surface area contributed by atoms with Crippen LogP contribution in [0.5, 0.6) is 0 Å². The lowest BCUT2D eigenvalue weighted by Gasteiger charge is -2.31. The smallest absolute Gasteiger partial charge is 0.279 e. The molecule has 1 aliphatic heterocycles. The van der Waals surface area contributed by atoms with Crippen LogP contribution in [-0.4, -0.2) is 51.4 Å². The van der Waals surface area contributed by atoms with E-state index in [0.717, 1.165) is 27.8 Å². The number of rotatable bonds is 5. The van der Waals surface area contributed by atoms with Crippen LogP contribution in [-0.2, 0) is 14.8 Å². The van der Waals surface area contributed by atoms with E-state index in [4.69, 9.17) is 0 Å². The molecule has 0 radical (unpaired) electrons. The van der Waals surface area contributed by atoms with Gasteiger partial charge in [0.25, 0.3) is 5.91 Å². The van der Waals surface area contributed by atoms with E-state index in [1.807, 2.05) is 32.0 Å². The fraction of sp³-hybridized carbons (Fsp3) is 0.350. The van der Waals surface area contributed by atoms with Crippen LogP contribution in [0.25, 0.3) is 0 Å². The normalized spacial score (nSPS) is 16.1. The Hall–Kier alpha value is -2.29. The molecule has 2 aromatic rings. The summed E-state index contributed by atoms with van der Waals surface area (Å²) in [6, 6.07) is 11.2. The minimum Gasteiger partial charge on any atom is -0.325 e. The average Bonchev–Trinajstić information content (AvgIpc) is 2.65. The molecule has 1 aliphatic rings. The zero-order valence-electron chi connectivity index (χ0n) is 16.0. The zero-order valence-corrected chi connectivity index (χ0v) is 16.9. The van der Waals surface area contributed by atoms with Crippen LogP contribution in [0.3, 0.4) is 0 Å². The van der Waals surface area contributed by atoms with Crippen molar-refractivity contribution in [3.8, 4) is 0 Å². The number of nitrogens with one attached hydrogen (secondary N) is 2. The number of para-hydroxylation sites is 1. The van der Waals surface area contributed by atoms with Gasteiger partial charge >= 0.3 is 0 Å². The highest BCUT2D eigenvalue weighted by atomic mass is 32.2. The number of sulfonamides is 1. The molecule has 1 fully saturated rings. The number of amides is 1. The molecule has 1 saturated heterocycles. The van der Waals surface area contributed by atoms with Crippen LogP contribution in [0, 0.1) is 19.7 Å². The third-order valence-electron chi connectivity index (χ3n) is 5.04. The number of hydrogen-bond acceptors (Lipinski definition) is 3. The van der Waals surface area contributed by atoms with Gasteiger partial charge < -0.3 is 10.2 Å². The van der Waals surface area contributed by atoms with Crippen molar-refractivity contribution < 1.29 is 22.5 Å². The Bertz CT molecular complexity index is 950. The van der Waals surface area contributed by atoms with Gasteiger partial charge in [-0.3, -0.25) is 4.79 Å². The summed E-state index contributed by atoms with van der Waals surface area (Å²) in [6.07, 6.45) is 0. The molecule has 0 bridgehead atoms. The Morgan fingerprint density at radius 1 is 1.07 bits per heavy atom. The first-order valence-corrected chi connectivity index (χ1v) is 10.7. The molecule has 1 heterocycles. The minimum atomic E-state index is -3.86. The van der Waals surface area contributed by atoms with Crippen LogP contribution < -0.4 is 10.2 Å². The SMILES string of the molecule is Cc1cccc(C)c1NC(=O)C[NH+]1CCN(S(=O)(=O)c2ccccc2F)CC1. The lowest BCUT2D eigenvalue weighted by atomic mass is 10.1. The number of nitrogens with zero attached hydrogens (tertiary/aromatic N) is 1. The maximum Gasteiger partial charge on any atom is 0.279 e. The fourth-order valence-corrected chi connectivity index (χ4v) is 4.94. The van der Waals surface area contributed by atoms with E-state index in [1.165, 1.54) is 22.5 Å². The monoisotopic (exact) mass is 406 g/mol. The molecule has 0 spiro atoms. The van der Waals surface area contributed by atoms with Crippen LogP contribution >= 0.6 is 0 Å². The highest BCUT2D eigenvalue weighted by Crippen LogP contribution is 2.20. The second kappa shape index (κ2) is 8.38. The topological polar surface area (TPSA) is 70.9 Å². The molecule has 3 rings (SSSR count). The molecule has 0 atom stereocenters. The lowest BCUT2D eigenvalue weighted by molar-refractivity contribution is -0.895. The van der Waals surface area contributed by atoms with Gasteiger partial charge in [-0.15, -0.1) is 0 Å². The Morgan fingerprint density at radius 2 is 1.68 bits per heavy atom. The molecule has 0 saturated carbocycles. The number of hydrogen-bond donors (Lipinski definition) is 2. The molecular formula is C20H25FN3O3S+. The third kappa shape index (κ3) is 4.40. The number of carbonyl (C=O) groups excluding carboxylic acids is 1. The van der Waals surface area contributed by atoms with Crippen molar-refractivity contribution in [2.24, 2.45) is 0 Å². The van der Waals surface area contributed by atoms with Crippen molar-refractivity contribution in [2.45, 2.75) is 18.7 Å². The van der Waals surface area contributed by atoms with E-state index in [1.54, 1.807) is 0 Å². The first kappa shape index (κ1) is 20.4. The van der Waals surface area contributed by atoms with E-state index in [-0.39, 0.29) is 30.4 Å². The quantitative estimate of drug-likeness (QED) is 0.778. The molecule has 8 heteroatoms. The molecule has 1 amide bonds. The summed E-state index contributed by atoms with van der Waals surface area (Å²) in [4.78, 5) is 13.1. The lowest BCUT2D eigenvalue weighted by Crippen LogP contribution is -3.15. The maximum absolute atomic E-state index is 13.9. The van der Waals surface area contributed by atoms with Crippen LogP contribution in [0.1, 0.15) is 11.1 Å². The summed E-state index contributed by atoms with van der Waals surface area (Å²) in [5.41, 5.74) is 2.83. The Morgan fingerprint density at radius 3 is 2.29 bits per heavy atom. The van der Waals surface area contributed by atoms with Crippen molar-refractivity contribution in [3.63, 3.8) is 0 Å². The largest absolute Gasteiger partial charge is 0.325 e. The summed E-state index contributed by atoms with van der Waals surface area (Å²) in [5, 5.41) is 2.96. The van der Waals surface area contributed by atoms with Crippen LogP contribution in [0.4, 0.5) is 10.1 Å². The van der Waals surface area contributed by atoms with E-state index in [9.17, 15) is 17.6 Å². The first-order valence-electron chi connectivity index (χ1n) is 9.23. The average molecular weight is 407 g/mol. The standard InChI is InChI=1S/C20H24FN3O3S/c1-15-6-5-7-16(2)20(15)22-19(25)14-23-10-12-24(13-11-23)28(26,27)18-9-4-3-8-17(18)21/h3-9H,10-14H2,1-2H3,(H,22,25)/p+1. The highest BCUT2D eigenvalue weighted by molar-refractivity contribution is 7.89. The second-order valence-corrected chi connectivity index (χ2v) is 8.98.